The number of aryl methyl sites for hydroxylation is 1. The topological polar surface area (TPSA) is 61.3 Å². The Balaban J connectivity index is 3.15. The highest BCUT2D eigenvalue weighted by Crippen LogP contribution is 2.22. The van der Waals surface area contributed by atoms with Crippen LogP contribution in [0.4, 0.5) is 11.6 Å². The summed E-state index contributed by atoms with van der Waals surface area (Å²) in [7, 11) is 3.77. The van der Waals surface area contributed by atoms with Crippen molar-refractivity contribution in [3.63, 3.8) is 0 Å². The van der Waals surface area contributed by atoms with E-state index >= 15 is 0 Å². The van der Waals surface area contributed by atoms with E-state index in [1.165, 1.54) is 0 Å². The van der Waals surface area contributed by atoms with Crippen molar-refractivity contribution in [1.82, 2.24) is 9.97 Å². The summed E-state index contributed by atoms with van der Waals surface area (Å²) in [5.41, 5.74) is 1.01. The Hall–Kier alpha value is -1.36. The first-order chi connectivity index (χ1) is 7.63. The second-order valence-electron chi connectivity index (χ2n) is 3.69. The molecule has 90 valence electrons. The maximum atomic E-state index is 8.94. The molecule has 0 atom stereocenters. The molecule has 2 N–H and O–H groups in total. The SMILES string of the molecule is CCc1nc(NC)c(C)c(N(C)CCO)n1. The Morgan fingerprint density at radius 1 is 1.38 bits per heavy atom. The summed E-state index contributed by atoms with van der Waals surface area (Å²) in [6.07, 6.45) is 0.801. The van der Waals surface area contributed by atoms with Crippen LogP contribution in [-0.4, -0.2) is 42.3 Å². The van der Waals surface area contributed by atoms with E-state index < -0.39 is 0 Å². The number of aliphatic hydroxyl groups excluding tert-OH is 1. The van der Waals surface area contributed by atoms with Crippen LogP contribution in [0.5, 0.6) is 0 Å². The molecule has 1 heterocycles. The van der Waals surface area contributed by atoms with Crippen LogP contribution in [0.2, 0.25) is 0 Å². The minimum absolute atomic E-state index is 0.121. The number of hydrogen-bond acceptors (Lipinski definition) is 5. The average molecular weight is 224 g/mol. The zero-order valence-electron chi connectivity index (χ0n) is 10.4. The molecule has 0 spiro atoms. The maximum Gasteiger partial charge on any atom is 0.137 e. The van der Waals surface area contributed by atoms with Gasteiger partial charge in [0.15, 0.2) is 0 Å². The van der Waals surface area contributed by atoms with Gasteiger partial charge in [-0.05, 0) is 6.92 Å². The normalized spacial score (nSPS) is 10.3. The van der Waals surface area contributed by atoms with E-state index in [-0.39, 0.29) is 6.61 Å². The van der Waals surface area contributed by atoms with Gasteiger partial charge in [0.2, 0.25) is 0 Å². The highest BCUT2D eigenvalue weighted by Gasteiger charge is 2.12. The van der Waals surface area contributed by atoms with E-state index in [1.54, 1.807) is 0 Å². The minimum atomic E-state index is 0.121. The third-order valence-electron chi connectivity index (χ3n) is 2.52. The quantitative estimate of drug-likeness (QED) is 0.775. The monoisotopic (exact) mass is 224 g/mol. The average Bonchev–Trinajstić information content (AvgIpc) is 2.29. The molecule has 0 radical (unpaired) electrons. The van der Waals surface area contributed by atoms with Crippen molar-refractivity contribution in [1.29, 1.82) is 0 Å². The molecule has 0 unspecified atom stereocenters. The van der Waals surface area contributed by atoms with E-state index in [4.69, 9.17) is 5.11 Å². The van der Waals surface area contributed by atoms with Gasteiger partial charge in [-0.1, -0.05) is 6.92 Å². The predicted molar refractivity (Wildman–Crippen MR) is 66.0 cm³/mol. The first-order valence-electron chi connectivity index (χ1n) is 5.51. The second kappa shape index (κ2) is 5.65. The maximum absolute atomic E-state index is 8.94. The van der Waals surface area contributed by atoms with Crippen LogP contribution >= 0.6 is 0 Å². The molecule has 1 aromatic heterocycles. The molecule has 0 amide bonds. The molecular formula is C11H20N4O. The number of aromatic nitrogens is 2. The number of hydrogen-bond donors (Lipinski definition) is 2. The first-order valence-corrected chi connectivity index (χ1v) is 5.51. The number of anilines is 2. The lowest BCUT2D eigenvalue weighted by atomic mass is 10.2. The van der Waals surface area contributed by atoms with Crippen molar-refractivity contribution in [3.05, 3.63) is 11.4 Å². The van der Waals surface area contributed by atoms with Crippen LogP contribution in [-0.2, 0) is 6.42 Å². The molecule has 1 aromatic rings. The van der Waals surface area contributed by atoms with Gasteiger partial charge in [-0.25, -0.2) is 9.97 Å². The minimum Gasteiger partial charge on any atom is -0.395 e. The van der Waals surface area contributed by atoms with Crippen LogP contribution in [0.25, 0.3) is 0 Å². The lowest BCUT2D eigenvalue weighted by Gasteiger charge is -2.21. The van der Waals surface area contributed by atoms with E-state index in [1.807, 2.05) is 32.8 Å². The Bertz CT molecular complexity index is 354. The molecule has 0 saturated carbocycles. The van der Waals surface area contributed by atoms with Gasteiger partial charge in [0, 0.05) is 32.6 Å². The largest absolute Gasteiger partial charge is 0.395 e. The van der Waals surface area contributed by atoms with E-state index in [0.717, 1.165) is 29.4 Å². The van der Waals surface area contributed by atoms with E-state index in [2.05, 4.69) is 15.3 Å². The van der Waals surface area contributed by atoms with Crippen molar-refractivity contribution < 1.29 is 5.11 Å². The van der Waals surface area contributed by atoms with Crippen molar-refractivity contribution in [2.24, 2.45) is 0 Å². The fourth-order valence-corrected chi connectivity index (χ4v) is 1.58. The van der Waals surface area contributed by atoms with Crippen LogP contribution < -0.4 is 10.2 Å². The van der Waals surface area contributed by atoms with Gasteiger partial charge in [0.05, 0.1) is 6.61 Å². The zero-order chi connectivity index (χ0) is 12.1. The molecule has 0 saturated heterocycles. The number of nitrogens with zero attached hydrogens (tertiary/aromatic N) is 3. The molecule has 5 heteroatoms. The molecular weight excluding hydrogens is 204 g/mol. The van der Waals surface area contributed by atoms with Crippen molar-refractivity contribution in [2.75, 3.05) is 37.5 Å². The third-order valence-corrected chi connectivity index (χ3v) is 2.52. The van der Waals surface area contributed by atoms with E-state index in [9.17, 15) is 0 Å². The fourth-order valence-electron chi connectivity index (χ4n) is 1.58. The summed E-state index contributed by atoms with van der Waals surface area (Å²) >= 11 is 0. The zero-order valence-corrected chi connectivity index (χ0v) is 10.4. The van der Waals surface area contributed by atoms with E-state index in [0.29, 0.717) is 6.54 Å². The Morgan fingerprint density at radius 3 is 2.56 bits per heavy atom. The highest BCUT2D eigenvalue weighted by atomic mass is 16.3. The Kier molecular flexibility index (Phi) is 4.49. The van der Waals surface area contributed by atoms with Gasteiger partial charge in [0.1, 0.15) is 17.5 Å². The molecule has 0 fully saturated rings. The Morgan fingerprint density at radius 2 is 2.06 bits per heavy atom. The van der Waals surface area contributed by atoms with Crippen LogP contribution in [0.15, 0.2) is 0 Å². The lowest BCUT2D eigenvalue weighted by Crippen LogP contribution is -2.24. The van der Waals surface area contributed by atoms with Gasteiger partial charge in [0.25, 0.3) is 0 Å². The van der Waals surface area contributed by atoms with Gasteiger partial charge < -0.3 is 15.3 Å². The van der Waals surface area contributed by atoms with Crippen LogP contribution in [0, 0.1) is 6.92 Å². The molecule has 0 aliphatic carbocycles. The van der Waals surface area contributed by atoms with Gasteiger partial charge in [-0.15, -0.1) is 0 Å². The molecule has 1 rings (SSSR count). The van der Waals surface area contributed by atoms with Crippen LogP contribution in [0.1, 0.15) is 18.3 Å². The van der Waals surface area contributed by atoms with Gasteiger partial charge in [-0.3, -0.25) is 0 Å². The second-order valence-corrected chi connectivity index (χ2v) is 3.69. The fraction of sp³-hybridized carbons (Fsp3) is 0.636. The number of aliphatic hydroxyl groups is 1. The summed E-state index contributed by atoms with van der Waals surface area (Å²) in [6, 6.07) is 0. The number of rotatable bonds is 5. The number of likely N-dealkylation sites (N-methyl/N-ethyl adjacent to an activating group) is 1. The van der Waals surface area contributed by atoms with Crippen molar-refractivity contribution >= 4 is 11.6 Å². The first kappa shape index (κ1) is 12.7. The molecule has 5 nitrogen and oxygen atoms in total. The third kappa shape index (κ3) is 2.61. The van der Waals surface area contributed by atoms with Crippen molar-refractivity contribution in [2.45, 2.75) is 20.3 Å². The number of nitrogens with one attached hydrogen (secondary N) is 1. The summed E-state index contributed by atoms with van der Waals surface area (Å²) in [5.74, 6) is 2.55. The smallest absolute Gasteiger partial charge is 0.137 e. The van der Waals surface area contributed by atoms with Gasteiger partial charge in [-0.2, -0.15) is 0 Å². The van der Waals surface area contributed by atoms with Crippen LogP contribution in [0.3, 0.4) is 0 Å². The molecule has 0 aliphatic heterocycles. The van der Waals surface area contributed by atoms with Gasteiger partial charge >= 0.3 is 0 Å². The lowest BCUT2D eigenvalue weighted by molar-refractivity contribution is 0.303. The predicted octanol–water partition coefficient (Wildman–Crippen LogP) is 0.818. The standard InChI is InChI=1S/C11H20N4O/c1-5-9-13-10(12-3)8(2)11(14-9)15(4)6-7-16/h16H,5-7H2,1-4H3,(H,12,13,14). The molecule has 0 bridgehead atoms. The molecule has 0 aliphatic rings. The molecule has 16 heavy (non-hydrogen) atoms. The summed E-state index contributed by atoms with van der Waals surface area (Å²) in [4.78, 5) is 10.8. The summed E-state index contributed by atoms with van der Waals surface area (Å²) in [5, 5.41) is 12.0. The summed E-state index contributed by atoms with van der Waals surface area (Å²) < 4.78 is 0. The van der Waals surface area contributed by atoms with Crippen molar-refractivity contribution in [3.8, 4) is 0 Å². The Labute approximate surface area is 96.5 Å². The summed E-state index contributed by atoms with van der Waals surface area (Å²) in [6.45, 7) is 4.70. The molecule has 0 aromatic carbocycles. The highest BCUT2D eigenvalue weighted by molar-refractivity contribution is 5.58.